The summed E-state index contributed by atoms with van der Waals surface area (Å²) in [5.41, 5.74) is 10.5. The Morgan fingerprint density at radius 1 is 1.11 bits per heavy atom. The van der Waals surface area contributed by atoms with Crippen LogP contribution < -0.4 is 16.4 Å². The lowest BCUT2D eigenvalue weighted by Gasteiger charge is -2.32. The van der Waals surface area contributed by atoms with Gasteiger partial charge in [0.15, 0.2) is 0 Å². The molecule has 1 aliphatic carbocycles. The Morgan fingerprint density at radius 2 is 1.87 bits per heavy atom. The summed E-state index contributed by atoms with van der Waals surface area (Å²) in [6.07, 6.45) is 10.3. The standard InChI is InChI=1S/C31H42N6O/c1-22(2)37-21-26(20-34-37)27-18-30(27)33-19-24-13-16-36(17-14-24)15-5-6-23-9-11-25(12-10-23)31(38)35-29-8-4-3-7-28(29)32/h3-4,7-12,20-22,24,27,30,33H,5-6,13-19,32H2,1-2H3,(H,35,38). The molecule has 4 N–H and O–H groups in total. The highest BCUT2D eigenvalue weighted by Gasteiger charge is 2.39. The number of piperidine rings is 1. The van der Waals surface area contributed by atoms with E-state index in [1.165, 1.54) is 43.5 Å². The van der Waals surface area contributed by atoms with Gasteiger partial charge in [-0.2, -0.15) is 5.10 Å². The average molecular weight is 515 g/mol. The zero-order valence-corrected chi connectivity index (χ0v) is 22.8. The molecule has 0 spiro atoms. The molecule has 2 unspecified atom stereocenters. The number of nitrogens with two attached hydrogens (primary N) is 1. The number of benzene rings is 2. The molecule has 5 rings (SSSR count). The van der Waals surface area contributed by atoms with Gasteiger partial charge in [0.25, 0.3) is 5.91 Å². The number of hydrogen-bond donors (Lipinski definition) is 3. The van der Waals surface area contributed by atoms with Crippen LogP contribution in [-0.4, -0.2) is 52.8 Å². The maximum Gasteiger partial charge on any atom is 0.255 e. The summed E-state index contributed by atoms with van der Waals surface area (Å²) in [5.74, 6) is 1.30. The lowest BCUT2D eigenvalue weighted by atomic mass is 9.96. The van der Waals surface area contributed by atoms with Crippen molar-refractivity contribution in [3.8, 4) is 0 Å². The number of aryl methyl sites for hydroxylation is 1. The minimum Gasteiger partial charge on any atom is -0.397 e. The highest BCUT2D eigenvalue weighted by atomic mass is 16.1. The number of amides is 1. The van der Waals surface area contributed by atoms with E-state index in [0.717, 1.165) is 31.8 Å². The molecule has 2 atom stereocenters. The average Bonchev–Trinajstić information content (AvgIpc) is 3.53. The first-order valence-electron chi connectivity index (χ1n) is 14.2. The van der Waals surface area contributed by atoms with Crippen LogP contribution in [0, 0.1) is 5.92 Å². The van der Waals surface area contributed by atoms with Crippen molar-refractivity contribution >= 4 is 17.3 Å². The normalized spacial score (nSPS) is 20.1. The van der Waals surface area contributed by atoms with Gasteiger partial charge in [-0.15, -0.1) is 0 Å². The summed E-state index contributed by atoms with van der Waals surface area (Å²) in [6, 6.07) is 16.3. The molecule has 1 amide bonds. The molecule has 1 saturated carbocycles. The monoisotopic (exact) mass is 514 g/mol. The molecule has 7 nitrogen and oxygen atoms in total. The van der Waals surface area contributed by atoms with Crippen LogP contribution in [-0.2, 0) is 6.42 Å². The zero-order valence-electron chi connectivity index (χ0n) is 22.8. The number of rotatable bonds is 11. The van der Waals surface area contributed by atoms with Crippen molar-refractivity contribution in [2.45, 2.75) is 64.0 Å². The summed E-state index contributed by atoms with van der Waals surface area (Å²) < 4.78 is 2.07. The van der Waals surface area contributed by atoms with Crippen molar-refractivity contribution < 1.29 is 4.79 Å². The van der Waals surface area contributed by atoms with Gasteiger partial charge in [0, 0.05) is 29.8 Å². The molecule has 2 aliphatic rings. The predicted molar refractivity (Wildman–Crippen MR) is 154 cm³/mol. The lowest BCUT2D eigenvalue weighted by Crippen LogP contribution is -2.38. The summed E-state index contributed by atoms with van der Waals surface area (Å²) in [4.78, 5) is 15.1. The number of hydrogen-bond acceptors (Lipinski definition) is 5. The van der Waals surface area contributed by atoms with Crippen LogP contribution in [0.15, 0.2) is 60.9 Å². The predicted octanol–water partition coefficient (Wildman–Crippen LogP) is 5.09. The second kappa shape index (κ2) is 12.1. The smallest absolute Gasteiger partial charge is 0.255 e. The fourth-order valence-corrected chi connectivity index (χ4v) is 5.48. The van der Waals surface area contributed by atoms with Crippen molar-refractivity contribution in [1.82, 2.24) is 20.0 Å². The highest BCUT2D eigenvalue weighted by Crippen LogP contribution is 2.41. The maximum atomic E-state index is 12.5. The van der Waals surface area contributed by atoms with E-state index in [9.17, 15) is 4.79 Å². The molecular formula is C31H42N6O. The Balaban J connectivity index is 0.964. The van der Waals surface area contributed by atoms with Crippen molar-refractivity contribution in [1.29, 1.82) is 0 Å². The quantitative estimate of drug-likeness (QED) is 0.310. The minimum absolute atomic E-state index is 0.133. The number of carbonyl (C=O) groups is 1. The molecule has 3 aromatic rings. The third-order valence-corrected chi connectivity index (χ3v) is 8.11. The molecule has 1 aliphatic heterocycles. The van der Waals surface area contributed by atoms with Crippen LogP contribution in [0.3, 0.4) is 0 Å². The first-order chi connectivity index (χ1) is 18.5. The van der Waals surface area contributed by atoms with Crippen LogP contribution in [0.5, 0.6) is 0 Å². The molecule has 1 saturated heterocycles. The third-order valence-electron chi connectivity index (χ3n) is 8.11. The zero-order chi connectivity index (χ0) is 26.5. The largest absolute Gasteiger partial charge is 0.397 e. The lowest BCUT2D eigenvalue weighted by molar-refractivity contribution is 0.102. The number of aromatic nitrogens is 2. The van der Waals surface area contributed by atoms with E-state index in [-0.39, 0.29) is 5.91 Å². The molecule has 2 aromatic carbocycles. The number of likely N-dealkylation sites (tertiary alicyclic amines) is 1. The van der Waals surface area contributed by atoms with Gasteiger partial charge in [-0.3, -0.25) is 9.48 Å². The van der Waals surface area contributed by atoms with Crippen molar-refractivity contribution in [3.63, 3.8) is 0 Å². The van der Waals surface area contributed by atoms with Crippen LogP contribution in [0.4, 0.5) is 11.4 Å². The second-order valence-electron chi connectivity index (χ2n) is 11.3. The third kappa shape index (κ3) is 6.83. The second-order valence-corrected chi connectivity index (χ2v) is 11.3. The molecule has 0 bridgehead atoms. The number of anilines is 2. The Kier molecular flexibility index (Phi) is 8.45. The molecule has 0 radical (unpaired) electrons. The molecular weight excluding hydrogens is 472 g/mol. The van der Waals surface area contributed by atoms with Crippen LogP contribution >= 0.6 is 0 Å². The number of carbonyl (C=O) groups excluding carboxylic acids is 1. The fraction of sp³-hybridized carbons (Fsp3) is 0.484. The van der Waals surface area contributed by atoms with E-state index in [0.29, 0.717) is 34.9 Å². The van der Waals surface area contributed by atoms with Gasteiger partial charge in [0.2, 0.25) is 0 Å². The van der Waals surface area contributed by atoms with Gasteiger partial charge in [-0.25, -0.2) is 0 Å². The van der Waals surface area contributed by atoms with Crippen LogP contribution in [0.1, 0.15) is 73.0 Å². The van der Waals surface area contributed by atoms with Gasteiger partial charge in [-0.05, 0) is 113 Å². The van der Waals surface area contributed by atoms with Gasteiger partial charge in [0.05, 0.1) is 17.6 Å². The topological polar surface area (TPSA) is 88.2 Å². The van der Waals surface area contributed by atoms with E-state index < -0.39 is 0 Å². The number of nitrogens with one attached hydrogen (secondary N) is 2. The number of nitrogens with zero attached hydrogens (tertiary/aromatic N) is 3. The van der Waals surface area contributed by atoms with Crippen LogP contribution in [0.2, 0.25) is 0 Å². The van der Waals surface area contributed by atoms with E-state index in [1.807, 2.05) is 30.3 Å². The molecule has 2 fully saturated rings. The molecule has 38 heavy (non-hydrogen) atoms. The van der Waals surface area contributed by atoms with Gasteiger partial charge < -0.3 is 21.3 Å². The fourth-order valence-electron chi connectivity index (χ4n) is 5.48. The summed E-state index contributed by atoms with van der Waals surface area (Å²) in [5, 5.41) is 11.2. The Hall–Kier alpha value is -3.16. The van der Waals surface area contributed by atoms with Crippen molar-refractivity contribution in [2.24, 2.45) is 5.92 Å². The summed E-state index contributed by atoms with van der Waals surface area (Å²) in [7, 11) is 0. The number of para-hydroxylation sites is 2. The van der Waals surface area contributed by atoms with Gasteiger partial charge in [-0.1, -0.05) is 24.3 Å². The van der Waals surface area contributed by atoms with E-state index in [2.05, 4.69) is 63.7 Å². The Morgan fingerprint density at radius 3 is 2.58 bits per heavy atom. The van der Waals surface area contributed by atoms with Gasteiger partial charge >= 0.3 is 0 Å². The van der Waals surface area contributed by atoms with E-state index in [4.69, 9.17) is 5.73 Å². The molecule has 202 valence electrons. The SMILES string of the molecule is CC(C)n1cc(C2CC2NCC2CCN(CCCc3ccc(C(=O)Nc4ccccc4N)cc3)CC2)cn1. The number of nitrogen functional groups attached to an aromatic ring is 1. The van der Waals surface area contributed by atoms with E-state index >= 15 is 0 Å². The first kappa shape index (κ1) is 26.4. The highest BCUT2D eigenvalue weighted by molar-refractivity contribution is 6.05. The van der Waals surface area contributed by atoms with Crippen LogP contribution in [0.25, 0.3) is 0 Å². The summed E-state index contributed by atoms with van der Waals surface area (Å²) in [6.45, 7) is 9.03. The van der Waals surface area contributed by atoms with Crippen molar-refractivity contribution in [3.05, 3.63) is 77.6 Å². The summed E-state index contributed by atoms with van der Waals surface area (Å²) >= 11 is 0. The van der Waals surface area contributed by atoms with E-state index in [1.54, 1.807) is 6.07 Å². The Labute approximate surface area is 226 Å². The molecule has 2 heterocycles. The van der Waals surface area contributed by atoms with Crippen molar-refractivity contribution in [2.75, 3.05) is 37.2 Å². The Bertz CT molecular complexity index is 1200. The maximum absolute atomic E-state index is 12.5. The van der Waals surface area contributed by atoms with Gasteiger partial charge in [0.1, 0.15) is 0 Å². The molecule has 1 aromatic heterocycles. The molecule has 7 heteroatoms. The first-order valence-corrected chi connectivity index (χ1v) is 14.2. The minimum atomic E-state index is -0.133.